The van der Waals surface area contributed by atoms with Gasteiger partial charge in [-0.05, 0) is 0 Å². The van der Waals surface area contributed by atoms with Crippen LogP contribution in [-0.4, -0.2) is 4.98 Å². The fourth-order valence-electron chi connectivity index (χ4n) is 0.346. The molecule has 1 heterocycles. The fraction of sp³-hybridized carbons (Fsp3) is 0. The number of hydrogen-bond acceptors (Lipinski definition) is 3. The number of halogens is 2. The van der Waals surface area contributed by atoms with Gasteiger partial charge in [0.25, 0.3) is 0 Å². The lowest BCUT2D eigenvalue weighted by Crippen LogP contribution is -1.69. The molecule has 1 aromatic rings. The Kier molecular flexibility index (Phi) is 1.91. The highest BCUT2D eigenvalue weighted by atomic mass is 35.5. The Bertz CT molecular complexity index is 262. The second kappa shape index (κ2) is 2.53. The van der Waals surface area contributed by atoms with Crippen LogP contribution in [0.5, 0.6) is 0 Å². The van der Waals surface area contributed by atoms with Crippen LogP contribution in [0.1, 0.15) is 5.69 Å². The molecule has 0 amide bonds. The van der Waals surface area contributed by atoms with Crippen LogP contribution < -0.4 is 0 Å². The summed E-state index contributed by atoms with van der Waals surface area (Å²) in [4.78, 5) is 3.62. The number of nitriles is 1. The molecule has 0 saturated carbocycles. The summed E-state index contributed by atoms with van der Waals surface area (Å²) in [6.45, 7) is 0. The van der Waals surface area contributed by atoms with Crippen molar-refractivity contribution in [3.05, 3.63) is 14.5 Å². The molecule has 0 radical (unpaired) electrons. The van der Waals surface area contributed by atoms with Crippen molar-refractivity contribution >= 4 is 34.5 Å². The molecular formula is C4Cl2N2S. The van der Waals surface area contributed by atoms with E-state index in [1.165, 1.54) is 0 Å². The van der Waals surface area contributed by atoms with E-state index in [0.29, 0.717) is 8.80 Å². The van der Waals surface area contributed by atoms with Gasteiger partial charge in [-0.3, -0.25) is 0 Å². The van der Waals surface area contributed by atoms with E-state index in [0.717, 1.165) is 11.3 Å². The fourth-order valence-corrected chi connectivity index (χ4v) is 1.56. The van der Waals surface area contributed by atoms with Crippen LogP contribution >= 0.6 is 34.5 Å². The summed E-state index contributed by atoms with van der Waals surface area (Å²) in [7, 11) is 0. The summed E-state index contributed by atoms with van der Waals surface area (Å²) in [5.74, 6) is 0. The number of rotatable bonds is 0. The average Bonchev–Trinajstić information content (AvgIpc) is 2.10. The standard InChI is InChI=1S/C4Cl2N2S/c5-3-2(1-7)8-4(6)9-3. The quantitative estimate of drug-likeness (QED) is 0.612. The van der Waals surface area contributed by atoms with Crippen molar-refractivity contribution in [3.8, 4) is 6.07 Å². The molecule has 46 valence electrons. The third-order valence-corrected chi connectivity index (χ3v) is 2.02. The highest BCUT2D eigenvalue weighted by Gasteiger charge is 2.04. The van der Waals surface area contributed by atoms with Crippen molar-refractivity contribution in [1.82, 2.24) is 4.98 Å². The van der Waals surface area contributed by atoms with E-state index in [1.807, 2.05) is 0 Å². The highest BCUT2D eigenvalue weighted by molar-refractivity contribution is 7.19. The summed E-state index contributed by atoms with van der Waals surface area (Å²) in [6.07, 6.45) is 0. The molecule has 2 nitrogen and oxygen atoms in total. The zero-order valence-electron chi connectivity index (χ0n) is 4.06. The van der Waals surface area contributed by atoms with Crippen LogP contribution in [0.25, 0.3) is 0 Å². The van der Waals surface area contributed by atoms with Crippen LogP contribution in [-0.2, 0) is 0 Å². The second-order valence-electron chi connectivity index (χ2n) is 1.20. The summed E-state index contributed by atoms with van der Waals surface area (Å²) in [6, 6.07) is 1.80. The SMILES string of the molecule is N#Cc1nc(Cl)sc1Cl. The van der Waals surface area contributed by atoms with Crippen LogP contribution in [0, 0.1) is 11.3 Å². The first-order chi connectivity index (χ1) is 4.24. The summed E-state index contributed by atoms with van der Waals surface area (Å²) >= 11 is 12.0. The maximum Gasteiger partial charge on any atom is 0.186 e. The zero-order chi connectivity index (χ0) is 6.85. The van der Waals surface area contributed by atoms with E-state index in [1.54, 1.807) is 6.07 Å². The van der Waals surface area contributed by atoms with Crippen LogP contribution in [0.2, 0.25) is 8.80 Å². The molecule has 0 saturated heterocycles. The monoisotopic (exact) mass is 178 g/mol. The minimum atomic E-state index is 0.201. The minimum Gasteiger partial charge on any atom is -0.212 e. The Morgan fingerprint density at radius 1 is 1.56 bits per heavy atom. The zero-order valence-corrected chi connectivity index (χ0v) is 6.39. The molecule has 0 atom stereocenters. The molecule has 0 fully saturated rings. The van der Waals surface area contributed by atoms with Crippen molar-refractivity contribution in [2.45, 2.75) is 0 Å². The Morgan fingerprint density at radius 3 is 2.44 bits per heavy atom. The van der Waals surface area contributed by atoms with E-state index in [9.17, 15) is 0 Å². The molecule has 1 aromatic heterocycles. The van der Waals surface area contributed by atoms with Gasteiger partial charge in [0, 0.05) is 0 Å². The first-order valence-electron chi connectivity index (χ1n) is 1.96. The molecule has 0 spiro atoms. The van der Waals surface area contributed by atoms with Gasteiger partial charge in [-0.2, -0.15) is 5.26 Å². The van der Waals surface area contributed by atoms with Gasteiger partial charge < -0.3 is 0 Å². The third-order valence-electron chi connectivity index (χ3n) is 0.666. The third kappa shape index (κ3) is 1.33. The first-order valence-corrected chi connectivity index (χ1v) is 3.53. The Morgan fingerprint density at radius 2 is 2.22 bits per heavy atom. The normalized spacial score (nSPS) is 9.00. The van der Waals surface area contributed by atoms with Gasteiger partial charge in [-0.25, -0.2) is 4.98 Å². The van der Waals surface area contributed by atoms with Crippen LogP contribution in [0.3, 0.4) is 0 Å². The lowest BCUT2D eigenvalue weighted by Gasteiger charge is -1.71. The van der Waals surface area contributed by atoms with Crippen LogP contribution in [0.15, 0.2) is 0 Å². The Balaban J connectivity index is 3.20. The van der Waals surface area contributed by atoms with Gasteiger partial charge in [0.2, 0.25) is 0 Å². The van der Waals surface area contributed by atoms with E-state index >= 15 is 0 Å². The summed E-state index contributed by atoms with van der Waals surface area (Å²) < 4.78 is 0.652. The van der Waals surface area contributed by atoms with Gasteiger partial charge in [-0.1, -0.05) is 34.5 Å². The lowest BCUT2D eigenvalue weighted by atomic mass is 10.6. The van der Waals surface area contributed by atoms with E-state index in [4.69, 9.17) is 28.5 Å². The molecule has 0 N–H and O–H groups in total. The molecule has 0 bridgehead atoms. The maximum atomic E-state index is 8.28. The number of nitrogens with zero attached hydrogens (tertiary/aromatic N) is 2. The largest absolute Gasteiger partial charge is 0.212 e. The van der Waals surface area contributed by atoms with Crippen molar-refractivity contribution in [2.75, 3.05) is 0 Å². The Labute approximate surface area is 65.7 Å². The predicted octanol–water partition coefficient (Wildman–Crippen LogP) is 2.32. The first kappa shape index (κ1) is 6.81. The average molecular weight is 179 g/mol. The topological polar surface area (TPSA) is 36.7 Å². The number of aromatic nitrogens is 1. The molecule has 0 aromatic carbocycles. The van der Waals surface area contributed by atoms with Crippen molar-refractivity contribution in [1.29, 1.82) is 5.26 Å². The number of thiazole rings is 1. The smallest absolute Gasteiger partial charge is 0.186 e. The summed E-state index contributed by atoms with van der Waals surface area (Å²) in [5.41, 5.74) is 0.201. The molecule has 9 heavy (non-hydrogen) atoms. The molecule has 0 unspecified atom stereocenters. The van der Waals surface area contributed by atoms with Crippen LogP contribution in [0.4, 0.5) is 0 Å². The molecular weight excluding hydrogens is 179 g/mol. The van der Waals surface area contributed by atoms with Gasteiger partial charge >= 0.3 is 0 Å². The predicted molar refractivity (Wildman–Crippen MR) is 36.8 cm³/mol. The van der Waals surface area contributed by atoms with Gasteiger partial charge in [-0.15, -0.1) is 0 Å². The van der Waals surface area contributed by atoms with Gasteiger partial charge in [0.1, 0.15) is 10.4 Å². The highest BCUT2D eigenvalue weighted by Crippen LogP contribution is 2.26. The molecule has 0 aliphatic heterocycles. The van der Waals surface area contributed by atoms with Gasteiger partial charge in [0.15, 0.2) is 10.2 Å². The van der Waals surface area contributed by atoms with Gasteiger partial charge in [0.05, 0.1) is 0 Å². The number of hydrogen-bond donors (Lipinski definition) is 0. The minimum absolute atomic E-state index is 0.201. The maximum absolute atomic E-state index is 8.28. The molecule has 5 heteroatoms. The lowest BCUT2D eigenvalue weighted by molar-refractivity contribution is 1.34. The van der Waals surface area contributed by atoms with Crippen molar-refractivity contribution in [2.24, 2.45) is 0 Å². The summed E-state index contributed by atoms with van der Waals surface area (Å²) in [5, 5.41) is 8.28. The van der Waals surface area contributed by atoms with E-state index in [2.05, 4.69) is 4.98 Å². The van der Waals surface area contributed by atoms with E-state index < -0.39 is 0 Å². The molecule has 0 aliphatic rings. The van der Waals surface area contributed by atoms with E-state index in [-0.39, 0.29) is 5.69 Å². The Hall–Kier alpha value is -0.300. The van der Waals surface area contributed by atoms with Crippen molar-refractivity contribution < 1.29 is 0 Å². The molecule has 1 rings (SSSR count). The molecule has 0 aliphatic carbocycles. The van der Waals surface area contributed by atoms with Crippen molar-refractivity contribution in [3.63, 3.8) is 0 Å². The second-order valence-corrected chi connectivity index (χ2v) is 3.38.